The predicted molar refractivity (Wildman–Crippen MR) is 156 cm³/mol. The molecule has 1 aliphatic carbocycles. The fraction of sp³-hybridized carbons (Fsp3) is 0.387. The van der Waals surface area contributed by atoms with Gasteiger partial charge in [0.25, 0.3) is 0 Å². The summed E-state index contributed by atoms with van der Waals surface area (Å²) in [5.41, 5.74) is 6.05. The van der Waals surface area contributed by atoms with E-state index in [0.717, 1.165) is 54.2 Å². The lowest BCUT2D eigenvalue weighted by molar-refractivity contribution is 0.229. The van der Waals surface area contributed by atoms with Crippen LogP contribution >= 0.6 is 0 Å². The number of aryl methyl sites for hydroxylation is 2. The average Bonchev–Trinajstić information content (AvgIpc) is 3.37. The first kappa shape index (κ1) is 28.1. The summed E-state index contributed by atoms with van der Waals surface area (Å²) in [6, 6.07) is 8.72. The van der Waals surface area contributed by atoms with E-state index in [1.54, 1.807) is 6.08 Å². The molecule has 6 heteroatoms. The Bertz CT molecular complexity index is 1160. The summed E-state index contributed by atoms with van der Waals surface area (Å²) in [4.78, 5) is 14.6. The molecule has 4 rings (SSSR count). The van der Waals surface area contributed by atoms with Crippen LogP contribution < -0.4 is 10.6 Å². The summed E-state index contributed by atoms with van der Waals surface area (Å²) in [6.07, 6.45) is 15.5. The summed E-state index contributed by atoms with van der Waals surface area (Å²) >= 11 is 0. The molecule has 2 atom stereocenters. The van der Waals surface area contributed by atoms with E-state index in [2.05, 4.69) is 60.6 Å². The van der Waals surface area contributed by atoms with Crippen LogP contribution in [0.25, 0.3) is 0 Å². The third kappa shape index (κ3) is 7.99. The first-order valence-corrected chi connectivity index (χ1v) is 13.3. The van der Waals surface area contributed by atoms with Gasteiger partial charge in [0.15, 0.2) is 0 Å². The van der Waals surface area contributed by atoms with E-state index in [9.17, 15) is 5.11 Å². The number of anilines is 2. The Balaban J connectivity index is 0.00000186. The number of hydrogen-bond donors (Lipinski definition) is 3. The van der Waals surface area contributed by atoms with Crippen LogP contribution in [0.1, 0.15) is 61.9 Å². The predicted octanol–water partition coefficient (Wildman–Crippen LogP) is 6.68. The van der Waals surface area contributed by atoms with E-state index < -0.39 is 0 Å². The van der Waals surface area contributed by atoms with E-state index in [0.29, 0.717) is 18.4 Å². The van der Waals surface area contributed by atoms with E-state index in [1.165, 1.54) is 11.1 Å². The number of hydrogen-bond acceptors (Lipinski definition) is 6. The molecule has 0 spiro atoms. The number of aliphatic hydroxyl groups is 1. The molecule has 0 saturated heterocycles. The van der Waals surface area contributed by atoms with Crippen LogP contribution in [-0.2, 0) is 6.54 Å². The maximum Gasteiger partial charge on any atom is 0.225 e. The highest BCUT2D eigenvalue weighted by Gasteiger charge is 2.26. The van der Waals surface area contributed by atoms with Crippen molar-refractivity contribution in [3.63, 3.8) is 0 Å². The maximum absolute atomic E-state index is 9.60. The van der Waals surface area contributed by atoms with E-state index in [4.69, 9.17) is 15.0 Å². The van der Waals surface area contributed by atoms with Gasteiger partial charge < -0.3 is 15.7 Å². The molecule has 0 amide bonds. The van der Waals surface area contributed by atoms with Gasteiger partial charge in [0, 0.05) is 31.3 Å². The normalized spacial score (nSPS) is 19.9. The number of aromatic nitrogens is 2. The second-order valence-corrected chi connectivity index (χ2v) is 9.28. The molecule has 0 bridgehead atoms. The molecule has 3 N–H and O–H groups in total. The number of aliphatic hydroxyl groups excluding tert-OH is 1. The fourth-order valence-corrected chi connectivity index (χ4v) is 4.53. The lowest BCUT2D eigenvalue weighted by Gasteiger charge is -2.20. The Morgan fingerprint density at radius 3 is 2.57 bits per heavy atom. The highest BCUT2D eigenvalue weighted by molar-refractivity contribution is 6.13. The van der Waals surface area contributed by atoms with Crippen molar-refractivity contribution in [3.8, 4) is 0 Å². The molecule has 1 aliphatic heterocycles. The van der Waals surface area contributed by atoms with Gasteiger partial charge in [-0.25, -0.2) is 4.98 Å². The summed E-state index contributed by atoms with van der Waals surface area (Å²) in [6.45, 7) is 12.7. The zero-order chi connectivity index (χ0) is 26.6. The van der Waals surface area contributed by atoms with Crippen LogP contribution in [0, 0.1) is 19.8 Å². The first-order valence-electron chi connectivity index (χ1n) is 13.3. The van der Waals surface area contributed by atoms with Crippen molar-refractivity contribution < 1.29 is 5.11 Å². The number of nitrogens with one attached hydrogen (secondary N) is 2. The summed E-state index contributed by atoms with van der Waals surface area (Å²) in [5, 5.41) is 16.7. The highest BCUT2D eigenvalue weighted by atomic mass is 16.3. The third-order valence-electron chi connectivity index (χ3n) is 6.46. The first-order chi connectivity index (χ1) is 18.1. The van der Waals surface area contributed by atoms with E-state index in [-0.39, 0.29) is 12.6 Å². The van der Waals surface area contributed by atoms with Gasteiger partial charge in [0.2, 0.25) is 5.95 Å². The number of benzene rings is 1. The molecule has 1 aromatic carbocycles. The van der Waals surface area contributed by atoms with Gasteiger partial charge in [-0.2, -0.15) is 4.98 Å². The Hall–Kier alpha value is -3.51. The van der Waals surface area contributed by atoms with Crippen molar-refractivity contribution in [2.24, 2.45) is 10.9 Å². The zero-order valence-electron chi connectivity index (χ0n) is 22.7. The van der Waals surface area contributed by atoms with Crippen LogP contribution in [0.2, 0.25) is 0 Å². The van der Waals surface area contributed by atoms with Gasteiger partial charge >= 0.3 is 0 Å². The molecule has 2 heterocycles. The summed E-state index contributed by atoms with van der Waals surface area (Å²) in [5.74, 6) is 1.73. The van der Waals surface area contributed by atoms with Crippen molar-refractivity contribution in [2.45, 2.75) is 66.0 Å². The smallest absolute Gasteiger partial charge is 0.225 e. The van der Waals surface area contributed by atoms with Gasteiger partial charge in [0.1, 0.15) is 5.82 Å². The van der Waals surface area contributed by atoms with Gasteiger partial charge in [-0.15, -0.1) is 0 Å². The van der Waals surface area contributed by atoms with Gasteiger partial charge in [-0.05, 0) is 56.7 Å². The minimum Gasteiger partial charge on any atom is -0.396 e. The zero-order valence-corrected chi connectivity index (χ0v) is 22.7. The van der Waals surface area contributed by atoms with Gasteiger partial charge in [-0.3, -0.25) is 4.99 Å². The largest absolute Gasteiger partial charge is 0.396 e. The van der Waals surface area contributed by atoms with Crippen molar-refractivity contribution in [2.75, 3.05) is 17.2 Å². The fourth-order valence-electron chi connectivity index (χ4n) is 4.53. The molecule has 6 nitrogen and oxygen atoms in total. The van der Waals surface area contributed by atoms with E-state index in [1.807, 2.05) is 39.0 Å². The lowest BCUT2D eigenvalue weighted by atomic mass is 10.0. The lowest BCUT2D eigenvalue weighted by Crippen LogP contribution is -2.22. The Kier molecular flexibility index (Phi) is 10.8. The molecule has 2 aromatic rings. The minimum absolute atomic E-state index is 0.235. The number of allylic oxidation sites excluding steroid dienone is 6. The third-order valence-corrected chi connectivity index (χ3v) is 6.46. The molecule has 2 unspecified atom stereocenters. The topological polar surface area (TPSA) is 82.4 Å². The highest BCUT2D eigenvalue weighted by Crippen LogP contribution is 2.30. The van der Waals surface area contributed by atoms with Crippen LogP contribution in [0.3, 0.4) is 0 Å². The summed E-state index contributed by atoms with van der Waals surface area (Å²) in [7, 11) is 0. The van der Waals surface area contributed by atoms with Gasteiger partial charge in [0.05, 0.1) is 17.0 Å². The monoisotopic (exact) mass is 499 g/mol. The molecule has 1 fully saturated rings. The molecule has 0 radical (unpaired) electrons. The second kappa shape index (κ2) is 14.3. The Morgan fingerprint density at radius 1 is 1.08 bits per heavy atom. The summed E-state index contributed by atoms with van der Waals surface area (Å²) < 4.78 is 0. The van der Waals surface area contributed by atoms with Crippen molar-refractivity contribution in [1.29, 1.82) is 0 Å². The molecule has 1 aromatic heterocycles. The molecule has 196 valence electrons. The van der Waals surface area contributed by atoms with Gasteiger partial charge in [-0.1, -0.05) is 74.6 Å². The van der Waals surface area contributed by atoms with Crippen molar-refractivity contribution >= 4 is 17.5 Å². The standard InChI is InChI=1S/C29H35N5O.C2H6/c1-4-5-6-8-24-9-7-10-26(32-24)27-21(3)31-29(30-18-22-13-11-20(2)12-14-22)34-28(27)33-25-16-15-23(17-25)19-35;1-2/h4-8,10-14,23,25,35H,1,9,15-19H2,2-3H3,(H2,30,31,33,34);1-2H3/b6-5-,24-8+;. The average molecular weight is 500 g/mol. The molecule has 2 aliphatic rings. The van der Waals surface area contributed by atoms with Crippen molar-refractivity contribution in [3.05, 3.63) is 95.4 Å². The number of nitrogens with zero attached hydrogens (tertiary/aromatic N) is 3. The van der Waals surface area contributed by atoms with Crippen LogP contribution in [0.4, 0.5) is 11.8 Å². The quantitative estimate of drug-likeness (QED) is 0.335. The van der Waals surface area contributed by atoms with Crippen molar-refractivity contribution in [1.82, 2.24) is 9.97 Å². The van der Waals surface area contributed by atoms with E-state index >= 15 is 0 Å². The molecule has 1 saturated carbocycles. The minimum atomic E-state index is 0.235. The second-order valence-electron chi connectivity index (χ2n) is 9.28. The molecule has 37 heavy (non-hydrogen) atoms. The molecular formula is C31H41N5O. The number of rotatable bonds is 9. The van der Waals surface area contributed by atoms with Crippen LogP contribution in [0.5, 0.6) is 0 Å². The maximum atomic E-state index is 9.60. The Morgan fingerprint density at radius 2 is 1.86 bits per heavy atom. The van der Waals surface area contributed by atoms with Crippen LogP contribution in [-0.4, -0.2) is 33.4 Å². The SMILES string of the molecule is C=C/C=C\C=C1/CC=CC(c2c(C)nc(NCc3ccc(C)cc3)nc2NC2CCC(CO)C2)=N1.CC. The number of dihydropyridines is 1. The Labute approximate surface area is 222 Å². The van der Waals surface area contributed by atoms with Crippen LogP contribution in [0.15, 0.2) is 78.0 Å². The number of aliphatic imine (C=N–C) groups is 1. The molecular weight excluding hydrogens is 458 g/mol.